The third-order valence-electron chi connectivity index (χ3n) is 1.60. The van der Waals surface area contributed by atoms with Crippen molar-refractivity contribution in [2.45, 2.75) is 12.5 Å². The quantitative estimate of drug-likeness (QED) is 0.476. The Balaban J connectivity index is 2.43. The van der Waals surface area contributed by atoms with Gasteiger partial charge in [0.1, 0.15) is 12.0 Å². The molecular weight excluding hydrogens is 204 g/mol. The van der Waals surface area contributed by atoms with Crippen molar-refractivity contribution in [1.82, 2.24) is 0 Å². The Morgan fingerprint density at radius 2 is 2.25 bits per heavy atom. The molecule has 1 atom stereocenters. The zero-order valence-electron chi connectivity index (χ0n) is 6.32. The molecule has 1 fully saturated rings. The Labute approximate surface area is 75.8 Å². The summed E-state index contributed by atoms with van der Waals surface area (Å²) in [5, 5.41) is 0. The van der Waals surface area contributed by atoms with E-state index in [4.69, 9.17) is 16.3 Å². The highest BCUT2D eigenvalue weighted by Gasteiger charge is 2.30. The molecule has 4 nitrogen and oxygen atoms in total. The molecule has 6 heteroatoms. The predicted molar refractivity (Wildman–Crippen MR) is 43.9 cm³/mol. The van der Waals surface area contributed by atoms with Gasteiger partial charge in [-0.2, -0.15) is 0 Å². The van der Waals surface area contributed by atoms with E-state index < -0.39 is 21.9 Å². The summed E-state index contributed by atoms with van der Waals surface area (Å²) >= 11 is 5.18. The lowest BCUT2D eigenvalue weighted by Crippen LogP contribution is -2.19. The topological polar surface area (TPSA) is 60.4 Å². The minimum Gasteiger partial charge on any atom is -0.460 e. The zero-order valence-corrected chi connectivity index (χ0v) is 7.90. The Bertz CT molecular complexity index is 271. The standard InChI is InChI=1S/C6H9ClO4S/c7-3-6(8)11-5-1-2-12(9,10)4-5/h5H,1-4H2. The summed E-state index contributed by atoms with van der Waals surface area (Å²) in [5.41, 5.74) is 0. The van der Waals surface area contributed by atoms with Gasteiger partial charge in [0.15, 0.2) is 9.84 Å². The van der Waals surface area contributed by atoms with Gasteiger partial charge >= 0.3 is 5.97 Å². The van der Waals surface area contributed by atoms with Crippen LogP contribution in [0.5, 0.6) is 0 Å². The molecule has 1 aliphatic heterocycles. The largest absolute Gasteiger partial charge is 0.460 e. The maximum atomic E-state index is 10.9. The SMILES string of the molecule is O=C(CCl)OC1CCS(=O)(=O)C1. The molecule has 1 unspecified atom stereocenters. The van der Waals surface area contributed by atoms with Crippen LogP contribution in [0.15, 0.2) is 0 Å². The summed E-state index contributed by atoms with van der Waals surface area (Å²) < 4.78 is 26.5. The summed E-state index contributed by atoms with van der Waals surface area (Å²) in [6.45, 7) is 0. The van der Waals surface area contributed by atoms with Crippen molar-refractivity contribution in [3.63, 3.8) is 0 Å². The first-order valence-electron chi connectivity index (χ1n) is 3.49. The van der Waals surface area contributed by atoms with E-state index in [-0.39, 0.29) is 17.4 Å². The van der Waals surface area contributed by atoms with Crippen LogP contribution in [0.25, 0.3) is 0 Å². The van der Waals surface area contributed by atoms with E-state index in [1.54, 1.807) is 0 Å². The van der Waals surface area contributed by atoms with Gasteiger partial charge in [-0.15, -0.1) is 11.6 Å². The number of esters is 1. The maximum absolute atomic E-state index is 10.9. The number of hydrogen-bond acceptors (Lipinski definition) is 4. The highest BCUT2D eigenvalue weighted by atomic mass is 35.5. The van der Waals surface area contributed by atoms with E-state index in [9.17, 15) is 13.2 Å². The molecule has 0 saturated carbocycles. The Morgan fingerprint density at radius 3 is 2.67 bits per heavy atom. The molecule has 70 valence electrons. The van der Waals surface area contributed by atoms with E-state index in [2.05, 4.69) is 0 Å². The van der Waals surface area contributed by atoms with Crippen LogP contribution in [0.3, 0.4) is 0 Å². The van der Waals surface area contributed by atoms with Gasteiger partial charge in [-0.3, -0.25) is 4.79 Å². The first-order valence-corrected chi connectivity index (χ1v) is 5.85. The summed E-state index contributed by atoms with van der Waals surface area (Å²) in [4.78, 5) is 10.6. The number of ether oxygens (including phenoxy) is 1. The number of halogens is 1. The van der Waals surface area contributed by atoms with Gasteiger partial charge in [0, 0.05) is 0 Å². The average molecular weight is 213 g/mol. The van der Waals surface area contributed by atoms with Crippen molar-refractivity contribution < 1.29 is 17.9 Å². The van der Waals surface area contributed by atoms with Crippen molar-refractivity contribution in [2.24, 2.45) is 0 Å². The van der Waals surface area contributed by atoms with Crippen molar-refractivity contribution >= 4 is 27.4 Å². The third-order valence-corrected chi connectivity index (χ3v) is 3.55. The first-order chi connectivity index (χ1) is 5.53. The maximum Gasteiger partial charge on any atom is 0.321 e. The van der Waals surface area contributed by atoms with Gasteiger partial charge in [-0.05, 0) is 6.42 Å². The molecule has 0 amide bonds. The number of rotatable bonds is 2. The number of carbonyl (C=O) groups excluding carboxylic acids is 1. The van der Waals surface area contributed by atoms with Crippen molar-refractivity contribution in [3.8, 4) is 0 Å². The Hall–Kier alpha value is -0.290. The van der Waals surface area contributed by atoms with Crippen LogP contribution in [0.1, 0.15) is 6.42 Å². The monoisotopic (exact) mass is 212 g/mol. The molecule has 0 N–H and O–H groups in total. The molecular formula is C6H9ClO4S. The highest BCUT2D eigenvalue weighted by Crippen LogP contribution is 2.14. The molecule has 12 heavy (non-hydrogen) atoms. The third kappa shape index (κ3) is 2.64. The molecule has 1 rings (SSSR count). The lowest BCUT2D eigenvalue weighted by molar-refractivity contribution is -0.144. The van der Waals surface area contributed by atoms with Gasteiger partial charge in [-0.1, -0.05) is 0 Å². The second-order valence-electron chi connectivity index (χ2n) is 2.65. The van der Waals surface area contributed by atoms with Gasteiger partial charge in [0.05, 0.1) is 11.5 Å². The summed E-state index contributed by atoms with van der Waals surface area (Å²) in [5.74, 6) is -0.738. The zero-order chi connectivity index (χ0) is 9.19. The lowest BCUT2D eigenvalue weighted by atomic mass is 10.3. The predicted octanol–water partition coefficient (Wildman–Crippen LogP) is -0.0445. The second kappa shape index (κ2) is 3.62. The first kappa shape index (κ1) is 9.80. The van der Waals surface area contributed by atoms with Crippen molar-refractivity contribution in [1.29, 1.82) is 0 Å². The molecule has 1 aliphatic rings. The van der Waals surface area contributed by atoms with E-state index in [1.165, 1.54) is 0 Å². The van der Waals surface area contributed by atoms with Crippen LogP contribution < -0.4 is 0 Å². The van der Waals surface area contributed by atoms with Crippen molar-refractivity contribution in [3.05, 3.63) is 0 Å². The highest BCUT2D eigenvalue weighted by molar-refractivity contribution is 7.91. The van der Waals surface area contributed by atoms with Crippen LogP contribution in [-0.2, 0) is 19.4 Å². The molecule has 0 radical (unpaired) electrons. The minimum absolute atomic E-state index is 0.0599. The smallest absolute Gasteiger partial charge is 0.321 e. The van der Waals surface area contributed by atoms with Crippen LogP contribution in [-0.4, -0.2) is 37.9 Å². The van der Waals surface area contributed by atoms with Gasteiger partial charge < -0.3 is 4.74 Å². The number of carbonyl (C=O) groups is 1. The number of hydrogen-bond donors (Lipinski definition) is 0. The second-order valence-corrected chi connectivity index (χ2v) is 5.14. The van der Waals surface area contributed by atoms with Crippen LogP contribution >= 0.6 is 11.6 Å². The van der Waals surface area contributed by atoms with E-state index in [0.29, 0.717) is 6.42 Å². The van der Waals surface area contributed by atoms with Gasteiger partial charge in [0.2, 0.25) is 0 Å². The average Bonchev–Trinajstić information content (AvgIpc) is 2.30. The van der Waals surface area contributed by atoms with Crippen LogP contribution in [0.4, 0.5) is 0 Å². The van der Waals surface area contributed by atoms with Gasteiger partial charge in [0.25, 0.3) is 0 Å². The van der Waals surface area contributed by atoms with Gasteiger partial charge in [-0.25, -0.2) is 8.42 Å². The molecule has 1 heterocycles. The number of sulfone groups is 1. The minimum atomic E-state index is -2.97. The van der Waals surface area contributed by atoms with Crippen LogP contribution in [0, 0.1) is 0 Å². The summed E-state index contributed by atoms with van der Waals surface area (Å²) in [6.07, 6.45) is -0.0911. The molecule has 0 aromatic carbocycles. The van der Waals surface area contributed by atoms with E-state index in [1.807, 2.05) is 0 Å². The molecule has 0 aromatic heterocycles. The fourth-order valence-electron chi connectivity index (χ4n) is 1.07. The van der Waals surface area contributed by atoms with Crippen molar-refractivity contribution in [2.75, 3.05) is 17.4 Å². The molecule has 0 aliphatic carbocycles. The Morgan fingerprint density at radius 1 is 1.58 bits per heavy atom. The fraction of sp³-hybridized carbons (Fsp3) is 0.833. The fourth-order valence-corrected chi connectivity index (χ4v) is 2.72. The number of alkyl halides is 1. The van der Waals surface area contributed by atoms with E-state index in [0.717, 1.165) is 0 Å². The lowest BCUT2D eigenvalue weighted by Gasteiger charge is -2.07. The summed E-state index contributed by atoms with van der Waals surface area (Å²) in [6, 6.07) is 0. The molecule has 0 bridgehead atoms. The van der Waals surface area contributed by atoms with E-state index >= 15 is 0 Å². The molecule has 0 spiro atoms. The summed E-state index contributed by atoms with van der Waals surface area (Å²) in [7, 11) is -2.97. The Kier molecular flexibility index (Phi) is 2.95. The van der Waals surface area contributed by atoms with Crippen LogP contribution in [0.2, 0.25) is 0 Å². The molecule has 1 saturated heterocycles. The normalized spacial score (nSPS) is 26.9. The molecule has 0 aromatic rings.